The Bertz CT molecular complexity index is 710. The Morgan fingerprint density at radius 2 is 2.10 bits per heavy atom. The monoisotopic (exact) mass is 287 g/mol. The minimum atomic E-state index is -0.594. The fourth-order valence-corrected chi connectivity index (χ4v) is 1.82. The van der Waals surface area contributed by atoms with Crippen molar-refractivity contribution in [2.45, 2.75) is 13.3 Å². The molecule has 0 aliphatic rings. The molecule has 0 atom stereocenters. The van der Waals surface area contributed by atoms with E-state index in [0.29, 0.717) is 11.0 Å². The third-order valence-corrected chi connectivity index (χ3v) is 2.68. The third kappa shape index (κ3) is 3.39. The van der Waals surface area contributed by atoms with Gasteiger partial charge in [0.15, 0.2) is 11.5 Å². The number of para-hydroxylation sites is 1. The topological polar surface area (TPSA) is 89.5 Å². The van der Waals surface area contributed by atoms with Gasteiger partial charge >= 0.3 is 5.97 Å². The normalized spacial score (nSPS) is 10.1. The largest absolute Gasteiger partial charge is 0.480 e. The average Bonchev–Trinajstić information content (AvgIpc) is 2.83. The van der Waals surface area contributed by atoms with Gasteiger partial charge in [0, 0.05) is 0 Å². The molecule has 1 aromatic heterocycles. The summed E-state index contributed by atoms with van der Waals surface area (Å²) < 4.78 is 15.3. The van der Waals surface area contributed by atoms with Crippen molar-refractivity contribution in [1.29, 1.82) is 5.26 Å². The molecule has 0 spiro atoms. The number of esters is 1. The van der Waals surface area contributed by atoms with Gasteiger partial charge in [0.05, 0.1) is 12.0 Å². The summed E-state index contributed by atoms with van der Waals surface area (Å²) >= 11 is 0. The zero-order valence-corrected chi connectivity index (χ0v) is 11.4. The number of ether oxygens (including phenoxy) is 2. The van der Waals surface area contributed by atoms with Crippen LogP contribution >= 0.6 is 0 Å². The van der Waals surface area contributed by atoms with Crippen molar-refractivity contribution in [3.05, 3.63) is 30.0 Å². The van der Waals surface area contributed by atoms with Crippen LogP contribution in [-0.4, -0.2) is 25.0 Å². The van der Waals surface area contributed by atoms with E-state index < -0.39 is 11.8 Å². The minimum absolute atomic E-state index is 0.000125. The molecule has 6 heteroatoms. The number of furan rings is 1. The molecule has 1 heterocycles. The minimum Gasteiger partial charge on any atom is -0.480 e. The number of fused-ring (bicyclic) bond motifs is 1. The fraction of sp³-hybridized carbons (Fsp3) is 0.267. The molecule has 2 aromatic rings. The molecule has 21 heavy (non-hydrogen) atoms. The molecule has 0 saturated heterocycles. The summed E-state index contributed by atoms with van der Waals surface area (Å²) in [6.45, 7) is 1.56. The maximum Gasteiger partial charge on any atom is 0.313 e. The van der Waals surface area contributed by atoms with E-state index in [0.717, 1.165) is 0 Å². The lowest BCUT2D eigenvalue weighted by Crippen LogP contribution is -2.17. The van der Waals surface area contributed by atoms with Gasteiger partial charge in [-0.05, 0) is 19.1 Å². The maximum absolute atomic E-state index is 11.6. The number of Topliss-reactive ketones (excluding diaryl/α,β-unsaturated/α-hetero) is 1. The van der Waals surface area contributed by atoms with Crippen molar-refractivity contribution in [1.82, 2.24) is 0 Å². The van der Waals surface area contributed by atoms with Crippen LogP contribution in [0.25, 0.3) is 11.0 Å². The van der Waals surface area contributed by atoms with Gasteiger partial charge in [-0.25, -0.2) is 0 Å². The van der Waals surface area contributed by atoms with Crippen LogP contribution < -0.4 is 4.74 Å². The summed E-state index contributed by atoms with van der Waals surface area (Å²) in [5.41, 5.74) is 0.502. The number of ketones is 1. The van der Waals surface area contributed by atoms with Crippen LogP contribution in [0.3, 0.4) is 0 Å². The summed E-state index contributed by atoms with van der Waals surface area (Å²) in [5, 5.41) is 9.63. The molecular weight excluding hydrogens is 274 g/mol. The van der Waals surface area contributed by atoms with Crippen LogP contribution in [0, 0.1) is 11.3 Å². The van der Waals surface area contributed by atoms with Crippen molar-refractivity contribution >= 4 is 22.7 Å². The summed E-state index contributed by atoms with van der Waals surface area (Å²) in [7, 11) is 0. The van der Waals surface area contributed by atoms with E-state index in [4.69, 9.17) is 14.4 Å². The van der Waals surface area contributed by atoms with E-state index in [1.165, 1.54) is 0 Å². The fourth-order valence-electron chi connectivity index (χ4n) is 1.82. The second kappa shape index (κ2) is 6.57. The number of carbonyl (C=O) groups excluding carboxylic acids is 2. The Morgan fingerprint density at radius 1 is 1.33 bits per heavy atom. The Hall–Kier alpha value is -2.81. The number of carbonyl (C=O) groups is 2. The lowest BCUT2D eigenvalue weighted by atomic mass is 10.2. The van der Waals surface area contributed by atoms with Gasteiger partial charge in [-0.3, -0.25) is 9.59 Å². The maximum atomic E-state index is 11.6. The number of rotatable bonds is 6. The SMILES string of the molecule is CCOC(=O)CC(=O)COc1c(C#N)oc2ccccc12. The first kappa shape index (κ1) is 14.6. The predicted molar refractivity (Wildman–Crippen MR) is 72.7 cm³/mol. The van der Waals surface area contributed by atoms with E-state index in [2.05, 4.69) is 4.74 Å². The van der Waals surface area contributed by atoms with Crippen LogP contribution in [-0.2, 0) is 14.3 Å². The zero-order valence-electron chi connectivity index (χ0n) is 11.4. The third-order valence-electron chi connectivity index (χ3n) is 2.68. The molecule has 0 fully saturated rings. The number of hydrogen-bond acceptors (Lipinski definition) is 6. The molecule has 0 aliphatic carbocycles. The first-order valence-corrected chi connectivity index (χ1v) is 6.37. The highest BCUT2D eigenvalue weighted by molar-refractivity contribution is 5.96. The van der Waals surface area contributed by atoms with Crippen LogP contribution in [0.2, 0.25) is 0 Å². The Kier molecular flexibility index (Phi) is 4.57. The molecule has 2 rings (SSSR count). The number of nitrogens with zero attached hydrogens (tertiary/aromatic N) is 1. The average molecular weight is 287 g/mol. The Labute approximate surface area is 120 Å². The number of hydrogen-bond donors (Lipinski definition) is 0. The highest BCUT2D eigenvalue weighted by Gasteiger charge is 2.17. The molecule has 0 saturated carbocycles. The molecule has 0 unspecified atom stereocenters. The van der Waals surface area contributed by atoms with E-state index in [9.17, 15) is 9.59 Å². The smallest absolute Gasteiger partial charge is 0.313 e. The quantitative estimate of drug-likeness (QED) is 0.597. The lowest BCUT2D eigenvalue weighted by Gasteiger charge is -2.04. The first-order valence-electron chi connectivity index (χ1n) is 6.37. The molecule has 1 aromatic carbocycles. The van der Waals surface area contributed by atoms with Crippen molar-refractivity contribution < 1.29 is 23.5 Å². The summed E-state index contributed by atoms with van der Waals surface area (Å²) in [4.78, 5) is 22.8. The summed E-state index contributed by atoms with van der Waals surface area (Å²) in [6, 6.07) is 8.84. The van der Waals surface area contributed by atoms with Crippen molar-refractivity contribution in [2.75, 3.05) is 13.2 Å². The van der Waals surface area contributed by atoms with Gasteiger partial charge in [-0.15, -0.1) is 0 Å². The van der Waals surface area contributed by atoms with Crippen LogP contribution in [0.5, 0.6) is 5.75 Å². The van der Waals surface area contributed by atoms with Crippen LogP contribution in [0.4, 0.5) is 0 Å². The van der Waals surface area contributed by atoms with E-state index in [1.807, 2.05) is 6.07 Å². The molecule has 0 radical (unpaired) electrons. The molecule has 6 nitrogen and oxygen atoms in total. The van der Waals surface area contributed by atoms with Crippen molar-refractivity contribution in [3.8, 4) is 11.8 Å². The lowest BCUT2D eigenvalue weighted by molar-refractivity contribution is -0.145. The standard InChI is InChI=1S/C15H13NO5/c1-2-19-14(18)7-10(17)9-20-15-11-5-3-4-6-12(11)21-13(15)8-16/h3-6H,2,7,9H2,1H3. The molecule has 0 amide bonds. The second-order valence-electron chi connectivity index (χ2n) is 4.18. The number of nitriles is 1. The van der Waals surface area contributed by atoms with E-state index in [1.54, 1.807) is 31.2 Å². The Balaban J connectivity index is 2.08. The van der Waals surface area contributed by atoms with E-state index >= 15 is 0 Å². The highest BCUT2D eigenvalue weighted by atomic mass is 16.5. The van der Waals surface area contributed by atoms with Gasteiger partial charge in [-0.2, -0.15) is 5.26 Å². The first-order chi connectivity index (χ1) is 10.2. The summed E-state index contributed by atoms with van der Waals surface area (Å²) in [5.74, 6) is -0.809. The number of benzene rings is 1. The molecule has 0 aliphatic heterocycles. The van der Waals surface area contributed by atoms with Crippen molar-refractivity contribution in [3.63, 3.8) is 0 Å². The van der Waals surface area contributed by atoms with Gasteiger partial charge in [0.1, 0.15) is 24.7 Å². The van der Waals surface area contributed by atoms with Crippen molar-refractivity contribution in [2.24, 2.45) is 0 Å². The molecule has 108 valence electrons. The molecule has 0 bridgehead atoms. The van der Waals surface area contributed by atoms with Crippen LogP contribution in [0.1, 0.15) is 19.1 Å². The van der Waals surface area contributed by atoms with E-state index in [-0.39, 0.29) is 31.1 Å². The van der Waals surface area contributed by atoms with Gasteiger partial charge in [-0.1, -0.05) is 12.1 Å². The zero-order chi connectivity index (χ0) is 15.2. The van der Waals surface area contributed by atoms with Gasteiger partial charge in [0.2, 0.25) is 5.76 Å². The predicted octanol–water partition coefficient (Wildman–Crippen LogP) is 2.21. The Morgan fingerprint density at radius 3 is 2.81 bits per heavy atom. The van der Waals surface area contributed by atoms with Crippen LogP contribution in [0.15, 0.2) is 28.7 Å². The second-order valence-corrected chi connectivity index (χ2v) is 4.18. The molecular formula is C15H13NO5. The van der Waals surface area contributed by atoms with Gasteiger partial charge in [0.25, 0.3) is 0 Å². The highest BCUT2D eigenvalue weighted by Crippen LogP contribution is 2.32. The molecule has 0 N–H and O–H groups in total. The van der Waals surface area contributed by atoms with Gasteiger partial charge < -0.3 is 13.9 Å². The summed E-state index contributed by atoms with van der Waals surface area (Å²) in [6.07, 6.45) is -0.356.